The number of carboxylic acids is 1. The molecule has 0 radical (unpaired) electrons. The Morgan fingerprint density at radius 3 is 2.71 bits per heavy atom. The maximum absolute atomic E-state index is 11.0. The third kappa shape index (κ3) is 2.52. The molecule has 0 spiro atoms. The van der Waals surface area contributed by atoms with Crippen LogP contribution in [0.5, 0.6) is 0 Å². The number of nitrogens with zero attached hydrogens (tertiary/aromatic N) is 1. The standard InChI is InChI=1S/C10H13NO3/c1-6-5-9(12)11-7(2)8(6)3-4-10(13)14/h5,8H,3-4H2,1-2H3,(H,13,14). The lowest BCUT2D eigenvalue weighted by atomic mass is 9.89. The van der Waals surface area contributed by atoms with Gasteiger partial charge >= 0.3 is 5.97 Å². The van der Waals surface area contributed by atoms with Crippen LogP contribution in [-0.2, 0) is 9.59 Å². The van der Waals surface area contributed by atoms with Crippen LogP contribution in [0.1, 0.15) is 26.7 Å². The number of dihydropyridines is 1. The largest absolute Gasteiger partial charge is 0.481 e. The highest BCUT2D eigenvalue weighted by Crippen LogP contribution is 2.22. The van der Waals surface area contributed by atoms with Crippen LogP contribution in [0.4, 0.5) is 0 Å². The molecule has 0 aromatic carbocycles. The number of carbonyl (C=O) groups excluding carboxylic acids is 1. The molecule has 1 amide bonds. The van der Waals surface area contributed by atoms with Gasteiger partial charge in [-0.1, -0.05) is 5.57 Å². The van der Waals surface area contributed by atoms with E-state index in [-0.39, 0.29) is 18.2 Å². The van der Waals surface area contributed by atoms with Gasteiger partial charge in [0, 0.05) is 24.1 Å². The summed E-state index contributed by atoms with van der Waals surface area (Å²) in [6.45, 7) is 3.60. The van der Waals surface area contributed by atoms with E-state index in [1.165, 1.54) is 6.08 Å². The molecule has 1 aliphatic rings. The molecule has 1 unspecified atom stereocenters. The predicted octanol–water partition coefficient (Wildman–Crippen LogP) is 1.41. The molecule has 1 heterocycles. The summed E-state index contributed by atoms with van der Waals surface area (Å²) in [5, 5.41) is 8.54. The summed E-state index contributed by atoms with van der Waals surface area (Å²) in [7, 11) is 0. The third-order valence-corrected chi connectivity index (χ3v) is 2.34. The molecule has 0 fully saturated rings. The fourth-order valence-electron chi connectivity index (χ4n) is 1.61. The lowest BCUT2D eigenvalue weighted by Crippen LogP contribution is -2.20. The van der Waals surface area contributed by atoms with Crippen molar-refractivity contribution in [2.24, 2.45) is 10.9 Å². The number of amides is 1. The number of carbonyl (C=O) groups is 2. The zero-order chi connectivity index (χ0) is 10.7. The van der Waals surface area contributed by atoms with Gasteiger partial charge in [0.2, 0.25) is 0 Å². The van der Waals surface area contributed by atoms with E-state index in [0.717, 1.165) is 11.3 Å². The summed E-state index contributed by atoms with van der Waals surface area (Å²) in [6.07, 6.45) is 2.09. The van der Waals surface area contributed by atoms with Gasteiger partial charge in [0.25, 0.3) is 5.91 Å². The Hall–Kier alpha value is -1.45. The Kier molecular flexibility index (Phi) is 3.17. The van der Waals surface area contributed by atoms with Gasteiger partial charge in [-0.05, 0) is 20.3 Å². The van der Waals surface area contributed by atoms with E-state index < -0.39 is 5.97 Å². The molecule has 14 heavy (non-hydrogen) atoms. The molecule has 76 valence electrons. The van der Waals surface area contributed by atoms with Crippen molar-refractivity contribution < 1.29 is 14.7 Å². The highest BCUT2D eigenvalue weighted by Gasteiger charge is 2.20. The van der Waals surface area contributed by atoms with Gasteiger partial charge in [-0.2, -0.15) is 0 Å². The summed E-state index contributed by atoms with van der Waals surface area (Å²) < 4.78 is 0. The molecule has 0 aromatic rings. The van der Waals surface area contributed by atoms with Crippen molar-refractivity contribution in [3.63, 3.8) is 0 Å². The van der Waals surface area contributed by atoms with Crippen LogP contribution in [0.25, 0.3) is 0 Å². The third-order valence-electron chi connectivity index (χ3n) is 2.34. The zero-order valence-corrected chi connectivity index (χ0v) is 8.28. The number of allylic oxidation sites excluding steroid dienone is 1. The number of carboxylic acid groups (broad SMARTS) is 1. The van der Waals surface area contributed by atoms with Crippen LogP contribution in [0.2, 0.25) is 0 Å². The second-order valence-corrected chi connectivity index (χ2v) is 3.46. The maximum Gasteiger partial charge on any atom is 0.303 e. The van der Waals surface area contributed by atoms with Crippen molar-refractivity contribution in [3.8, 4) is 0 Å². The first-order valence-corrected chi connectivity index (χ1v) is 4.50. The molecule has 1 aliphatic heterocycles. The SMILES string of the molecule is CC1=CC(=O)N=C(C)C1CCC(=O)O. The van der Waals surface area contributed by atoms with Gasteiger partial charge in [-0.25, -0.2) is 4.99 Å². The van der Waals surface area contributed by atoms with Crippen molar-refractivity contribution in [1.82, 2.24) is 0 Å². The first kappa shape index (κ1) is 10.6. The highest BCUT2D eigenvalue weighted by atomic mass is 16.4. The van der Waals surface area contributed by atoms with Crippen molar-refractivity contribution >= 4 is 17.6 Å². The minimum atomic E-state index is -0.817. The molecular formula is C10H13NO3. The van der Waals surface area contributed by atoms with Crippen LogP contribution >= 0.6 is 0 Å². The molecule has 0 aliphatic carbocycles. The second-order valence-electron chi connectivity index (χ2n) is 3.46. The molecule has 1 N–H and O–H groups in total. The van der Waals surface area contributed by atoms with E-state index in [2.05, 4.69) is 4.99 Å². The van der Waals surface area contributed by atoms with Gasteiger partial charge < -0.3 is 5.11 Å². The van der Waals surface area contributed by atoms with Crippen molar-refractivity contribution in [1.29, 1.82) is 0 Å². The summed E-state index contributed by atoms with van der Waals surface area (Å²) in [5.74, 6) is -1.04. The Balaban J connectivity index is 2.69. The first-order chi connectivity index (χ1) is 6.50. The minimum Gasteiger partial charge on any atom is -0.481 e. The number of aliphatic imine (C=N–C) groups is 1. The van der Waals surface area contributed by atoms with Crippen molar-refractivity contribution in [2.75, 3.05) is 0 Å². The Bertz CT molecular complexity index is 306. The molecule has 1 rings (SSSR count). The fraction of sp³-hybridized carbons (Fsp3) is 0.500. The molecule has 4 nitrogen and oxygen atoms in total. The molecule has 0 saturated heterocycles. The maximum atomic E-state index is 11.0. The molecule has 4 heteroatoms. The molecule has 1 atom stereocenters. The van der Waals surface area contributed by atoms with Crippen molar-refractivity contribution in [2.45, 2.75) is 26.7 Å². The smallest absolute Gasteiger partial charge is 0.303 e. The zero-order valence-electron chi connectivity index (χ0n) is 8.28. The Labute approximate surface area is 82.3 Å². The minimum absolute atomic E-state index is 0.0174. The number of rotatable bonds is 3. The number of hydrogen-bond acceptors (Lipinski definition) is 2. The molecule has 0 aromatic heterocycles. The van der Waals surface area contributed by atoms with E-state index in [1.807, 2.05) is 6.92 Å². The van der Waals surface area contributed by atoms with Crippen LogP contribution in [0, 0.1) is 5.92 Å². The lowest BCUT2D eigenvalue weighted by molar-refractivity contribution is -0.137. The quantitative estimate of drug-likeness (QED) is 0.740. The lowest BCUT2D eigenvalue weighted by Gasteiger charge is -2.19. The van der Waals surface area contributed by atoms with Crippen LogP contribution in [0.3, 0.4) is 0 Å². The Morgan fingerprint density at radius 2 is 2.21 bits per heavy atom. The van der Waals surface area contributed by atoms with Gasteiger partial charge in [0.05, 0.1) is 0 Å². The average Bonchev–Trinajstić information content (AvgIpc) is 2.01. The first-order valence-electron chi connectivity index (χ1n) is 4.50. The molecule has 0 bridgehead atoms. The van der Waals surface area contributed by atoms with Crippen LogP contribution < -0.4 is 0 Å². The normalized spacial score (nSPS) is 21.6. The van der Waals surface area contributed by atoms with Gasteiger partial charge in [-0.15, -0.1) is 0 Å². The summed E-state index contributed by atoms with van der Waals surface area (Å²) in [6, 6.07) is 0. The monoisotopic (exact) mass is 195 g/mol. The highest BCUT2D eigenvalue weighted by molar-refractivity contribution is 6.05. The van der Waals surface area contributed by atoms with E-state index in [0.29, 0.717) is 6.42 Å². The molecule has 0 saturated carbocycles. The molecular weight excluding hydrogens is 182 g/mol. The van der Waals surface area contributed by atoms with Gasteiger partial charge in [0.1, 0.15) is 0 Å². The number of hydrogen-bond donors (Lipinski definition) is 1. The fourth-order valence-corrected chi connectivity index (χ4v) is 1.61. The van der Waals surface area contributed by atoms with Crippen LogP contribution in [0.15, 0.2) is 16.6 Å². The van der Waals surface area contributed by atoms with Crippen LogP contribution in [-0.4, -0.2) is 22.7 Å². The average molecular weight is 195 g/mol. The number of aliphatic carboxylic acids is 1. The van der Waals surface area contributed by atoms with E-state index in [4.69, 9.17) is 5.11 Å². The second kappa shape index (κ2) is 4.17. The summed E-state index contributed by atoms with van der Waals surface area (Å²) in [4.78, 5) is 25.2. The van der Waals surface area contributed by atoms with Gasteiger partial charge in [0.15, 0.2) is 0 Å². The predicted molar refractivity (Wildman–Crippen MR) is 52.2 cm³/mol. The van der Waals surface area contributed by atoms with E-state index >= 15 is 0 Å². The van der Waals surface area contributed by atoms with E-state index in [9.17, 15) is 9.59 Å². The Morgan fingerprint density at radius 1 is 1.57 bits per heavy atom. The topological polar surface area (TPSA) is 66.7 Å². The summed E-state index contributed by atoms with van der Waals surface area (Å²) >= 11 is 0. The van der Waals surface area contributed by atoms with Gasteiger partial charge in [-0.3, -0.25) is 9.59 Å². The summed E-state index contributed by atoms with van der Waals surface area (Å²) in [5.41, 5.74) is 1.63. The van der Waals surface area contributed by atoms with E-state index in [1.54, 1.807) is 6.92 Å². The van der Waals surface area contributed by atoms with Crippen molar-refractivity contribution in [3.05, 3.63) is 11.6 Å².